The van der Waals surface area contributed by atoms with Crippen molar-refractivity contribution < 1.29 is 14.3 Å². The number of nitrogens with zero attached hydrogens (tertiary/aromatic N) is 4. The molecule has 0 saturated heterocycles. The average Bonchev–Trinajstić information content (AvgIpc) is 3.31. The van der Waals surface area contributed by atoms with E-state index in [1.807, 2.05) is 0 Å². The molecule has 0 radical (unpaired) electrons. The average molecular weight is 372 g/mol. The maximum absolute atomic E-state index is 14.0. The zero-order valence-corrected chi connectivity index (χ0v) is 15.1. The maximum Gasteiger partial charge on any atom is 0.272 e. The Balaban J connectivity index is 1.84. The van der Waals surface area contributed by atoms with Gasteiger partial charge in [0.05, 0.1) is 6.54 Å². The minimum Gasteiger partial charge on any atom is -0.380 e. The summed E-state index contributed by atoms with van der Waals surface area (Å²) in [5.74, 6) is -0.456. The molecule has 142 valence electrons. The smallest absolute Gasteiger partial charge is 0.272 e. The molecular weight excluding hydrogens is 351 g/mol. The molecule has 0 atom stereocenters. The van der Waals surface area contributed by atoms with Gasteiger partial charge in [0.25, 0.3) is 5.91 Å². The van der Waals surface area contributed by atoms with E-state index < -0.39 is 11.5 Å². The molecule has 1 fully saturated rings. The third-order valence-electron chi connectivity index (χ3n) is 4.41. The number of hydrogen-bond donors (Lipinski definition) is 3. The van der Waals surface area contributed by atoms with Crippen LogP contribution in [0, 0.1) is 5.82 Å². The van der Waals surface area contributed by atoms with Crippen LogP contribution in [-0.2, 0) is 11.3 Å². The Kier molecular flexibility index (Phi) is 5.04. The summed E-state index contributed by atoms with van der Waals surface area (Å²) in [6, 6.07) is 6.40. The van der Waals surface area contributed by atoms with E-state index in [1.165, 1.54) is 11.1 Å². The van der Waals surface area contributed by atoms with Crippen molar-refractivity contribution in [2.75, 3.05) is 7.05 Å². The summed E-state index contributed by atoms with van der Waals surface area (Å²) in [5.41, 5.74) is 8.29. The van der Waals surface area contributed by atoms with Gasteiger partial charge < -0.3 is 10.8 Å². The number of hydrazone groups is 2. The molecule has 0 bridgehead atoms. The Morgan fingerprint density at radius 1 is 1.48 bits per heavy atom. The molecule has 0 aromatic heterocycles. The van der Waals surface area contributed by atoms with Gasteiger partial charge in [-0.2, -0.15) is 10.2 Å². The summed E-state index contributed by atoms with van der Waals surface area (Å²) in [4.78, 5) is 16.0. The van der Waals surface area contributed by atoms with Gasteiger partial charge >= 0.3 is 0 Å². The van der Waals surface area contributed by atoms with Crippen molar-refractivity contribution >= 4 is 23.3 Å². The van der Waals surface area contributed by atoms with Crippen molar-refractivity contribution in [3.05, 3.63) is 47.3 Å². The molecule has 1 aromatic rings. The first-order chi connectivity index (χ1) is 12.9. The number of nitrogens with two attached hydrogens (primary N) is 1. The number of hydrogen-bond acceptors (Lipinski definition) is 5. The highest BCUT2D eigenvalue weighted by Crippen LogP contribution is 2.34. The Bertz CT molecular complexity index is 886. The fourth-order valence-corrected chi connectivity index (χ4v) is 2.67. The van der Waals surface area contributed by atoms with E-state index in [4.69, 9.17) is 5.73 Å². The summed E-state index contributed by atoms with van der Waals surface area (Å²) in [6.07, 6.45) is 2.57. The number of allylic oxidation sites excluding steroid dienone is 1. The Morgan fingerprint density at radius 2 is 2.19 bits per heavy atom. The molecule has 1 heterocycles. The zero-order chi connectivity index (χ0) is 19.6. The predicted octanol–water partition coefficient (Wildman–Crippen LogP) is 0.885. The van der Waals surface area contributed by atoms with E-state index >= 15 is 0 Å². The van der Waals surface area contributed by atoms with Crippen LogP contribution in [0.15, 0.2) is 51.1 Å². The molecule has 2 aliphatic rings. The number of aliphatic imine (C=N–C) groups is 1. The van der Waals surface area contributed by atoms with Gasteiger partial charge in [0.1, 0.15) is 17.1 Å². The van der Waals surface area contributed by atoms with Crippen LogP contribution < -0.4 is 11.2 Å². The molecular formula is C18H21FN6O2. The van der Waals surface area contributed by atoms with E-state index in [-0.39, 0.29) is 18.2 Å². The quantitative estimate of drug-likeness (QED) is 0.404. The highest BCUT2D eigenvalue weighted by atomic mass is 19.1. The van der Waals surface area contributed by atoms with Crippen LogP contribution in [0.1, 0.15) is 25.3 Å². The number of amides is 1. The number of nitrogens with one attached hydrogen (secondary N) is 1. The molecule has 0 spiro atoms. The highest BCUT2D eigenvalue weighted by Gasteiger charge is 2.48. The van der Waals surface area contributed by atoms with Crippen LogP contribution in [0.25, 0.3) is 0 Å². The van der Waals surface area contributed by atoms with Gasteiger partial charge in [-0.25, -0.2) is 14.8 Å². The number of carbonyl (C=O) groups is 1. The molecule has 9 heteroatoms. The number of benzene rings is 1. The third-order valence-corrected chi connectivity index (χ3v) is 4.41. The molecule has 27 heavy (non-hydrogen) atoms. The molecule has 1 aromatic carbocycles. The third kappa shape index (κ3) is 3.72. The van der Waals surface area contributed by atoms with Crippen molar-refractivity contribution in [1.82, 2.24) is 10.4 Å². The second kappa shape index (κ2) is 7.28. The lowest BCUT2D eigenvalue weighted by molar-refractivity contribution is -0.131. The SMILES string of the molecule is C/C=C1/C(C(N)=NNC(=O)C2(O)CC2)=NN(Cc2ccccc2F)C1=NC. The van der Waals surface area contributed by atoms with Gasteiger partial charge in [0.2, 0.25) is 0 Å². The van der Waals surface area contributed by atoms with Gasteiger partial charge in [-0.1, -0.05) is 24.3 Å². The van der Waals surface area contributed by atoms with E-state index in [0.717, 1.165) is 0 Å². The Morgan fingerprint density at radius 3 is 2.78 bits per heavy atom. The van der Waals surface area contributed by atoms with E-state index in [9.17, 15) is 14.3 Å². The summed E-state index contributed by atoms with van der Waals surface area (Å²) >= 11 is 0. The molecule has 1 saturated carbocycles. The Hall–Kier alpha value is -3.07. The Labute approximate surface area is 156 Å². The van der Waals surface area contributed by atoms with Crippen molar-refractivity contribution in [2.24, 2.45) is 20.9 Å². The maximum atomic E-state index is 14.0. The molecule has 0 unspecified atom stereocenters. The molecule has 1 aliphatic heterocycles. The second-order valence-corrected chi connectivity index (χ2v) is 6.32. The summed E-state index contributed by atoms with van der Waals surface area (Å²) in [7, 11) is 1.60. The van der Waals surface area contributed by atoms with Crippen LogP contribution in [0.2, 0.25) is 0 Å². The molecule has 1 aliphatic carbocycles. The first kappa shape index (κ1) is 18.7. The lowest BCUT2D eigenvalue weighted by Crippen LogP contribution is -2.36. The monoisotopic (exact) mass is 372 g/mol. The summed E-state index contributed by atoms with van der Waals surface area (Å²) in [5, 5.41) is 19.5. The number of halogens is 1. The normalized spacial score (nSPS) is 21.6. The number of rotatable bonds is 5. The van der Waals surface area contributed by atoms with Crippen LogP contribution in [0.4, 0.5) is 4.39 Å². The van der Waals surface area contributed by atoms with Crippen molar-refractivity contribution in [1.29, 1.82) is 0 Å². The van der Waals surface area contributed by atoms with Gasteiger partial charge in [0.15, 0.2) is 11.7 Å². The largest absolute Gasteiger partial charge is 0.380 e. The van der Waals surface area contributed by atoms with Crippen LogP contribution in [0.3, 0.4) is 0 Å². The zero-order valence-electron chi connectivity index (χ0n) is 15.1. The number of carbonyl (C=O) groups excluding carboxylic acids is 1. The van der Waals surface area contributed by atoms with Gasteiger partial charge in [-0.05, 0) is 25.8 Å². The number of aliphatic hydroxyl groups is 1. The fourth-order valence-electron chi connectivity index (χ4n) is 2.67. The summed E-state index contributed by atoms with van der Waals surface area (Å²) in [6.45, 7) is 1.96. The van der Waals surface area contributed by atoms with E-state index in [1.54, 1.807) is 38.2 Å². The van der Waals surface area contributed by atoms with E-state index in [2.05, 4.69) is 20.6 Å². The van der Waals surface area contributed by atoms with Crippen molar-refractivity contribution in [2.45, 2.75) is 31.9 Å². The minimum atomic E-state index is -1.35. The van der Waals surface area contributed by atoms with Crippen LogP contribution >= 0.6 is 0 Å². The molecule has 8 nitrogen and oxygen atoms in total. The first-order valence-electron chi connectivity index (χ1n) is 8.49. The number of amidine groups is 2. The predicted molar refractivity (Wildman–Crippen MR) is 100 cm³/mol. The molecule has 1 amide bonds. The lowest BCUT2D eigenvalue weighted by Gasteiger charge is -2.15. The van der Waals surface area contributed by atoms with E-state index in [0.29, 0.717) is 35.5 Å². The molecule has 4 N–H and O–H groups in total. The van der Waals surface area contributed by atoms with Crippen molar-refractivity contribution in [3.63, 3.8) is 0 Å². The molecule has 3 rings (SSSR count). The van der Waals surface area contributed by atoms with Gasteiger partial charge in [0, 0.05) is 18.2 Å². The van der Waals surface area contributed by atoms with Gasteiger partial charge in [-0.3, -0.25) is 9.79 Å². The van der Waals surface area contributed by atoms with Crippen LogP contribution in [-0.4, -0.2) is 46.1 Å². The first-order valence-corrected chi connectivity index (χ1v) is 8.49. The standard InChI is InChI=1S/C18H21FN6O2/c1-3-12-14(15(20)22-23-17(26)18(27)8-9-18)24-25(16(12)21-2)10-11-6-4-5-7-13(11)19/h3-7,27H,8-10H2,1-2H3,(H2,20,22)(H,23,26)/b12-3-,21-16?. The van der Waals surface area contributed by atoms with Crippen molar-refractivity contribution in [3.8, 4) is 0 Å². The lowest BCUT2D eigenvalue weighted by atomic mass is 10.1. The fraction of sp³-hybridized carbons (Fsp3) is 0.333. The van der Waals surface area contributed by atoms with Crippen LogP contribution in [0.5, 0.6) is 0 Å². The minimum absolute atomic E-state index is 0.0297. The van der Waals surface area contributed by atoms with Gasteiger partial charge in [-0.15, -0.1) is 0 Å². The highest BCUT2D eigenvalue weighted by molar-refractivity contribution is 6.54. The summed E-state index contributed by atoms with van der Waals surface area (Å²) < 4.78 is 14.0. The second-order valence-electron chi connectivity index (χ2n) is 6.32. The topological polar surface area (TPSA) is 116 Å².